The number of hydrogen-bond donors (Lipinski definition) is 0. The zero-order valence-electron chi connectivity index (χ0n) is 9.94. The number of carbonyl (C=O) groups excluding carboxylic acids is 1. The third kappa shape index (κ3) is 2.05. The van der Waals surface area contributed by atoms with Crippen molar-refractivity contribution in [2.75, 3.05) is 13.1 Å². The molecular weight excluding hydrogens is 256 g/mol. The van der Waals surface area contributed by atoms with E-state index < -0.39 is 6.43 Å². The second-order valence-corrected chi connectivity index (χ2v) is 6.28. The van der Waals surface area contributed by atoms with Crippen molar-refractivity contribution in [2.45, 2.75) is 25.7 Å². The van der Waals surface area contributed by atoms with Crippen LogP contribution in [-0.4, -0.2) is 23.9 Å². The molecule has 0 bridgehead atoms. The number of likely N-dealkylation sites (tertiary alicyclic amines) is 1. The van der Waals surface area contributed by atoms with Crippen LogP contribution < -0.4 is 0 Å². The van der Waals surface area contributed by atoms with Gasteiger partial charge in [-0.05, 0) is 36.8 Å². The fourth-order valence-electron chi connectivity index (χ4n) is 3.14. The molecule has 2 aliphatic rings. The van der Waals surface area contributed by atoms with Crippen molar-refractivity contribution in [1.29, 1.82) is 0 Å². The molecule has 2 heterocycles. The van der Waals surface area contributed by atoms with Crippen molar-refractivity contribution in [1.82, 2.24) is 4.90 Å². The Hall–Kier alpha value is -0.970. The minimum Gasteiger partial charge on any atom is -0.337 e. The van der Waals surface area contributed by atoms with Crippen LogP contribution in [0, 0.1) is 11.8 Å². The summed E-state index contributed by atoms with van der Waals surface area (Å²) in [5.41, 5.74) is 0. The van der Waals surface area contributed by atoms with Crippen molar-refractivity contribution in [3.05, 3.63) is 21.9 Å². The molecule has 2 nitrogen and oxygen atoms in total. The molecule has 0 radical (unpaired) electrons. The van der Waals surface area contributed by atoms with Gasteiger partial charge in [0.1, 0.15) is 0 Å². The Morgan fingerprint density at radius 3 is 2.50 bits per heavy atom. The summed E-state index contributed by atoms with van der Waals surface area (Å²) in [5.74, 6) is 1.22. The van der Waals surface area contributed by atoms with Gasteiger partial charge in [-0.15, -0.1) is 11.3 Å². The maximum atomic E-state index is 12.5. The highest BCUT2D eigenvalue weighted by atomic mass is 32.1. The molecule has 1 saturated heterocycles. The van der Waals surface area contributed by atoms with E-state index in [9.17, 15) is 13.6 Å². The standard InChI is InChI=1S/C13H15F2NOS/c14-12(15)10-4-5-11(18-10)13(17)16-6-8-2-1-3-9(8)7-16/h4-5,8-9,12H,1-3,6-7H2/t8-,9+. The van der Waals surface area contributed by atoms with E-state index in [0.717, 1.165) is 24.4 Å². The van der Waals surface area contributed by atoms with Crippen LogP contribution in [0.15, 0.2) is 12.1 Å². The first-order chi connectivity index (χ1) is 8.65. The van der Waals surface area contributed by atoms with Gasteiger partial charge in [-0.3, -0.25) is 4.79 Å². The monoisotopic (exact) mass is 271 g/mol. The normalized spacial score (nSPS) is 26.9. The van der Waals surface area contributed by atoms with E-state index in [1.54, 1.807) is 0 Å². The SMILES string of the molecule is O=C(c1ccc(C(F)F)s1)N1C[C@H]2CCC[C@H]2C1. The summed E-state index contributed by atoms with van der Waals surface area (Å²) >= 11 is 0.923. The molecule has 0 N–H and O–H groups in total. The molecule has 0 unspecified atom stereocenters. The molecule has 18 heavy (non-hydrogen) atoms. The van der Waals surface area contributed by atoms with Gasteiger partial charge in [0.15, 0.2) is 0 Å². The second-order valence-electron chi connectivity index (χ2n) is 5.16. The van der Waals surface area contributed by atoms with Crippen molar-refractivity contribution in [2.24, 2.45) is 11.8 Å². The van der Waals surface area contributed by atoms with Gasteiger partial charge in [0.25, 0.3) is 12.3 Å². The summed E-state index contributed by atoms with van der Waals surface area (Å²) in [7, 11) is 0. The van der Waals surface area contributed by atoms with Crippen LogP contribution >= 0.6 is 11.3 Å². The van der Waals surface area contributed by atoms with Gasteiger partial charge in [0.2, 0.25) is 0 Å². The molecule has 98 valence electrons. The Labute approximate surface area is 109 Å². The van der Waals surface area contributed by atoms with Crippen molar-refractivity contribution in [3.63, 3.8) is 0 Å². The van der Waals surface area contributed by atoms with Crippen LogP contribution in [0.3, 0.4) is 0 Å². The average molecular weight is 271 g/mol. The lowest BCUT2D eigenvalue weighted by Crippen LogP contribution is -2.28. The van der Waals surface area contributed by atoms with Gasteiger partial charge >= 0.3 is 0 Å². The molecule has 1 aliphatic heterocycles. The van der Waals surface area contributed by atoms with E-state index in [0.29, 0.717) is 16.7 Å². The highest BCUT2D eigenvalue weighted by Crippen LogP contribution is 2.38. The van der Waals surface area contributed by atoms with E-state index in [1.165, 1.54) is 31.4 Å². The highest BCUT2D eigenvalue weighted by Gasteiger charge is 2.38. The molecule has 3 rings (SSSR count). The number of thiophene rings is 1. The van der Waals surface area contributed by atoms with Gasteiger partial charge in [0, 0.05) is 13.1 Å². The van der Waals surface area contributed by atoms with E-state index in [2.05, 4.69) is 0 Å². The number of rotatable bonds is 2. The summed E-state index contributed by atoms with van der Waals surface area (Å²) in [6.07, 6.45) is 1.21. The molecule has 1 amide bonds. The summed E-state index contributed by atoms with van der Waals surface area (Å²) in [4.78, 5) is 14.5. The molecule has 2 fully saturated rings. The largest absolute Gasteiger partial charge is 0.337 e. The predicted octanol–water partition coefficient (Wildman–Crippen LogP) is 3.56. The Kier molecular flexibility index (Phi) is 3.09. The molecule has 1 aromatic heterocycles. The number of nitrogens with zero attached hydrogens (tertiary/aromatic N) is 1. The lowest BCUT2D eigenvalue weighted by molar-refractivity contribution is 0.0785. The summed E-state index contributed by atoms with van der Waals surface area (Å²) in [6.45, 7) is 1.62. The van der Waals surface area contributed by atoms with Crippen molar-refractivity contribution in [3.8, 4) is 0 Å². The van der Waals surface area contributed by atoms with Crippen molar-refractivity contribution < 1.29 is 13.6 Å². The molecule has 0 spiro atoms. The first kappa shape index (κ1) is 12.1. The summed E-state index contributed by atoms with van der Waals surface area (Å²) in [6, 6.07) is 2.89. The highest BCUT2D eigenvalue weighted by molar-refractivity contribution is 7.14. The third-order valence-corrected chi connectivity index (χ3v) is 5.15. The van der Waals surface area contributed by atoms with Crippen LogP contribution in [0.5, 0.6) is 0 Å². The second kappa shape index (κ2) is 4.61. The smallest absolute Gasteiger partial charge is 0.272 e. The number of fused-ring (bicyclic) bond motifs is 1. The minimum absolute atomic E-state index is 0.0160. The number of alkyl halides is 2. The van der Waals surface area contributed by atoms with Crippen LogP contribution in [-0.2, 0) is 0 Å². The minimum atomic E-state index is -2.48. The van der Waals surface area contributed by atoms with Crippen LogP contribution in [0.2, 0.25) is 0 Å². The van der Waals surface area contributed by atoms with Crippen LogP contribution in [0.4, 0.5) is 8.78 Å². The van der Waals surface area contributed by atoms with Crippen LogP contribution in [0.25, 0.3) is 0 Å². The lowest BCUT2D eigenvalue weighted by atomic mass is 10.0. The summed E-state index contributed by atoms with van der Waals surface area (Å²) < 4.78 is 25.0. The van der Waals surface area contributed by atoms with Crippen LogP contribution in [0.1, 0.15) is 40.2 Å². The number of halogens is 2. The molecule has 1 aromatic rings. The Bertz CT molecular complexity index is 448. The quantitative estimate of drug-likeness (QED) is 0.805. The predicted molar refractivity (Wildman–Crippen MR) is 66.0 cm³/mol. The molecular formula is C13H15F2NOS. The lowest BCUT2D eigenvalue weighted by Gasteiger charge is -2.16. The third-order valence-electron chi connectivity index (χ3n) is 4.07. The Balaban J connectivity index is 1.71. The zero-order valence-corrected chi connectivity index (χ0v) is 10.8. The molecule has 5 heteroatoms. The maximum absolute atomic E-state index is 12.5. The first-order valence-corrected chi connectivity index (χ1v) is 7.14. The fraction of sp³-hybridized carbons (Fsp3) is 0.615. The van der Waals surface area contributed by atoms with E-state index in [-0.39, 0.29) is 10.8 Å². The first-order valence-electron chi connectivity index (χ1n) is 6.32. The topological polar surface area (TPSA) is 20.3 Å². The zero-order chi connectivity index (χ0) is 12.7. The number of amides is 1. The molecule has 1 aliphatic carbocycles. The van der Waals surface area contributed by atoms with Crippen molar-refractivity contribution >= 4 is 17.2 Å². The Morgan fingerprint density at radius 1 is 1.28 bits per heavy atom. The Morgan fingerprint density at radius 2 is 1.94 bits per heavy atom. The van der Waals surface area contributed by atoms with Gasteiger partial charge < -0.3 is 4.90 Å². The van der Waals surface area contributed by atoms with E-state index >= 15 is 0 Å². The number of carbonyl (C=O) groups is 1. The van der Waals surface area contributed by atoms with Gasteiger partial charge in [-0.2, -0.15) is 0 Å². The molecule has 1 saturated carbocycles. The van der Waals surface area contributed by atoms with E-state index in [4.69, 9.17) is 0 Å². The van der Waals surface area contributed by atoms with Gasteiger partial charge in [-0.1, -0.05) is 6.42 Å². The van der Waals surface area contributed by atoms with E-state index in [1.807, 2.05) is 4.90 Å². The molecule has 2 atom stereocenters. The summed E-state index contributed by atoms with van der Waals surface area (Å²) in [5, 5.41) is 0. The van der Waals surface area contributed by atoms with Gasteiger partial charge in [0.05, 0.1) is 9.75 Å². The molecule has 0 aromatic carbocycles. The van der Waals surface area contributed by atoms with Gasteiger partial charge in [-0.25, -0.2) is 8.78 Å². The number of hydrogen-bond acceptors (Lipinski definition) is 2. The maximum Gasteiger partial charge on any atom is 0.272 e. The fourth-order valence-corrected chi connectivity index (χ4v) is 3.97. The average Bonchev–Trinajstić information content (AvgIpc) is 3.02.